The molecule has 1 aromatic heterocycles. The smallest absolute Gasteiger partial charge is 0.120 e. The molecule has 17 heavy (non-hydrogen) atoms. The number of ether oxygens (including phenoxy) is 1. The maximum absolute atomic E-state index is 5.73. The number of hydrogen-bond donors (Lipinski definition) is 1. The SMILES string of the molecule is COc1cccc(-n2c(C)cc(CN)c2C)c1. The topological polar surface area (TPSA) is 40.2 Å². The third kappa shape index (κ3) is 2.06. The van der Waals surface area contributed by atoms with Gasteiger partial charge < -0.3 is 15.0 Å². The van der Waals surface area contributed by atoms with Crippen LogP contribution in [-0.2, 0) is 6.54 Å². The van der Waals surface area contributed by atoms with Crippen LogP contribution >= 0.6 is 0 Å². The molecule has 0 unspecified atom stereocenters. The third-order valence-corrected chi connectivity index (χ3v) is 3.07. The average molecular weight is 230 g/mol. The number of nitrogens with zero attached hydrogens (tertiary/aromatic N) is 1. The first kappa shape index (κ1) is 11.7. The second kappa shape index (κ2) is 4.63. The molecular formula is C14H18N2O. The lowest BCUT2D eigenvalue weighted by atomic mass is 10.2. The molecule has 2 rings (SSSR count). The minimum atomic E-state index is 0.573. The Kier molecular flexibility index (Phi) is 3.20. The fourth-order valence-electron chi connectivity index (χ4n) is 2.18. The summed E-state index contributed by atoms with van der Waals surface area (Å²) in [5.41, 5.74) is 10.4. The Morgan fingerprint density at radius 3 is 2.59 bits per heavy atom. The summed E-state index contributed by atoms with van der Waals surface area (Å²) in [4.78, 5) is 0. The van der Waals surface area contributed by atoms with Crippen molar-refractivity contribution < 1.29 is 4.74 Å². The van der Waals surface area contributed by atoms with E-state index in [1.165, 1.54) is 17.0 Å². The largest absolute Gasteiger partial charge is 0.497 e. The van der Waals surface area contributed by atoms with Gasteiger partial charge in [0, 0.05) is 29.7 Å². The Bertz CT molecular complexity index is 529. The molecule has 90 valence electrons. The molecule has 1 aromatic carbocycles. The van der Waals surface area contributed by atoms with Crippen LogP contribution in [0.3, 0.4) is 0 Å². The van der Waals surface area contributed by atoms with Crippen molar-refractivity contribution in [3.63, 3.8) is 0 Å². The van der Waals surface area contributed by atoms with Crippen molar-refractivity contribution in [2.75, 3.05) is 7.11 Å². The zero-order valence-corrected chi connectivity index (χ0v) is 10.5. The number of methoxy groups -OCH3 is 1. The van der Waals surface area contributed by atoms with Crippen LogP contribution in [0.15, 0.2) is 30.3 Å². The molecule has 0 atom stereocenters. The first-order valence-electron chi connectivity index (χ1n) is 5.69. The molecule has 2 N–H and O–H groups in total. The highest BCUT2D eigenvalue weighted by molar-refractivity contribution is 5.44. The van der Waals surface area contributed by atoms with E-state index in [-0.39, 0.29) is 0 Å². The molecule has 3 heteroatoms. The van der Waals surface area contributed by atoms with Crippen LogP contribution < -0.4 is 10.5 Å². The summed E-state index contributed by atoms with van der Waals surface area (Å²) in [5, 5.41) is 0. The molecule has 0 amide bonds. The summed E-state index contributed by atoms with van der Waals surface area (Å²) in [6.07, 6.45) is 0. The van der Waals surface area contributed by atoms with Crippen LogP contribution in [0, 0.1) is 13.8 Å². The fourth-order valence-corrected chi connectivity index (χ4v) is 2.18. The van der Waals surface area contributed by atoms with Gasteiger partial charge in [0.25, 0.3) is 0 Å². The summed E-state index contributed by atoms with van der Waals surface area (Å²) in [5.74, 6) is 0.865. The van der Waals surface area contributed by atoms with Crippen molar-refractivity contribution in [1.29, 1.82) is 0 Å². The lowest BCUT2D eigenvalue weighted by molar-refractivity contribution is 0.414. The van der Waals surface area contributed by atoms with Crippen molar-refractivity contribution in [2.24, 2.45) is 5.73 Å². The van der Waals surface area contributed by atoms with Crippen LogP contribution in [0.4, 0.5) is 0 Å². The Labute approximate surface area is 102 Å². The summed E-state index contributed by atoms with van der Waals surface area (Å²) >= 11 is 0. The molecule has 2 aromatic rings. The highest BCUT2D eigenvalue weighted by atomic mass is 16.5. The summed E-state index contributed by atoms with van der Waals surface area (Å²) in [6, 6.07) is 10.2. The Balaban J connectivity index is 2.55. The second-order valence-electron chi connectivity index (χ2n) is 4.14. The molecule has 0 saturated carbocycles. The van der Waals surface area contributed by atoms with Crippen LogP contribution in [-0.4, -0.2) is 11.7 Å². The highest BCUT2D eigenvalue weighted by Crippen LogP contribution is 2.23. The third-order valence-electron chi connectivity index (χ3n) is 3.07. The first-order chi connectivity index (χ1) is 8.17. The van der Waals surface area contributed by atoms with Crippen LogP contribution in [0.1, 0.15) is 17.0 Å². The van der Waals surface area contributed by atoms with Crippen LogP contribution in [0.5, 0.6) is 5.75 Å². The number of nitrogens with two attached hydrogens (primary N) is 1. The minimum absolute atomic E-state index is 0.573. The normalized spacial score (nSPS) is 10.6. The molecular weight excluding hydrogens is 212 g/mol. The highest BCUT2D eigenvalue weighted by Gasteiger charge is 2.09. The Morgan fingerprint density at radius 1 is 1.24 bits per heavy atom. The van der Waals surface area contributed by atoms with Crippen LogP contribution in [0.25, 0.3) is 5.69 Å². The zero-order valence-electron chi connectivity index (χ0n) is 10.5. The average Bonchev–Trinajstić information content (AvgIpc) is 2.64. The van der Waals surface area contributed by atoms with Crippen molar-refractivity contribution in [3.8, 4) is 11.4 Å². The van der Waals surface area contributed by atoms with Gasteiger partial charge in [-0.1, -0.05) is 6.07 Å². The van der Waals surface area contributed by atoms with E-state index in [9.17, 15) is 0 Å². The van der Waals surface area contributed by atoms with Gasteiger partial charge in [-0.3, -0.25) is 0 Å². The molecule has 0 bridgehead atoms. The van der Waals surface area contributed by atoms with E-state index in [1.807, 2.05) is 18.2 Å². The molecule has 1 heterocycles. The van der Waals surface area contributed by atoms with Crippen molar-refractivity contribution in [3.05, 3.63) is 47.3 Å². The minimum Gasteiger partial charge on any atom is -0.497 e. The van der Waals surface area contributed by atoms with Gasteiger partial charge in [-0.05, 0) is 37.6 Å². The first-order valence-corrected chi connectivity index (χ1v) is 5.69. The van der Waals surface area contributed by atoms with Crippen LogP contribution in [0.2, 0.25) is 0 Å². The van der Waals surface area contributed by atoms with E-state index in [4.69, 9.17) is 10.5 Å². The van der Waals surface area contributed by atoms with Crippen molar-refractivity contribution in [1.82, 2.24) is 4.57 Å². The molecule has 0 aliphatic heterocycles. The van der Waals surface area contributed by atoms with Gasteiger partial charge >= 0.3 is 0 Å². The molecule has 0 spiro atoms. The lowest BCUT2D eigenvalue weighted by Crippen LogP contribution is -2.02. The van der Waals surface area contributed by atoms with E-state index in [0.29, 0.717) is 6.54 Å². The van der Waals surface area contributed by atoms with E-state index >= 15 is 0 Å². The van der Waals surface area contributed by atoms with E-state index < -0.39 is 0 Å². The van der Waals surface area contributed by atoms with Gasteiger partial charge in [0.1, 0.15) is 5.75 Å². The van der Waals surface area contributed by atoms with Crippen molar-refractivity contribution in [2.45, 2.75) is 20.4 Å². The fraction of sp³-hybridized carbons (Fsp3) is 0.286. The number of benzene rings is 1. The molecule has 0 saturated heterocycles. The van der Waals surface area contributed by atoms with Gasteiger partial charge in [-0.25, -0.2) is 0 Å². The molecule has 0 aliphatic carbocycles. The summed E-state index contributed by atoms with van der Waals surface area (Å²) in [6.45, 7) is 4.75. The Hall–Kier alpha value is -1.74. The standard InChI is InChI=1S/C14H18N2O/c1-10-7-12(9-15)11(2)16(10)13-5-4-6-14(8-13)17-3/h4-8H,9,15H2,1-3H3. The maximum atomic E-state index is 5.73. The predicted octanol–water partition coefficient (Wildman–Crippen LogP) is 2.56. The molecule has 0 aliphatic rings. The zero-order chi connectivity index (χ0) is 12.4. The molecule has 3 nitrogen and oxygen atoms in total. The molecule has 0 fully saturated rings. The second-order valence-corrected chi connectivity index (χ2v) is 4.14. The maximum Gasteiger partial charge on any atom is 0.120 e. The van der Waals surface area contributed by atoms with E-state index in [2.05, 4.69) is 30.5 Å². The number of rotatable bonds is 3. The summed E-state index contributed by atoms with van der Waals surface area (Å²) in [7, 11) is 1.68. The van der Waals surface area contributed by atoms with Gasteiger partial charge in [-0.15, -0.1) is 0 Å². The van der Waals surface area contributed by atoms with Gasteiger partial charge in [0.15, 0.2) is 0 Å². The number of aryl methyl sites for hydroxylation is 1. The monoisotopic (exact) mass is 230 g/mol. The van der Waals surface area contributed by atoms with E-state index in [0.717, 1.165) is 11.4 Å². The summed E-state index contributed by atoms with van der Waals surface area (Å²) < 4.78 is 7.45. The molecule has 0 radical (unpaired) electrons. The van der Waals surface area contributed by atoms with Gasteiger partial charge in [0.2, 0.25) is 0 Å². The lowest BCUT2D eigenvalue weighted by Gasteiger charge is -2.11. The van der Waals surface area contributed by atoms with Gasteiger partial charge in [-0.2, -0.15) is 0 Å². The van der Waals surface area contributed by atoms with Gasteiger partial charge in [0.05, 0.1) is 7.11 Å². The number of hydrogen-bond acceptors (Lipinski definition) is 2. The van der Waals surface area contributed by atoms with E-state index in [1.54, 1.807) is 7.11 Å². The number of aromatic nitrogens is 1. The predicted molar refractivity (Wildman–Crippen MR) is 69.7 cm³/mol. The quantitative estimate of drug-likeness (QED) is 0.880. The van der Waals surface area contributed by atoms with Crippen molar-refractivity contribution >= 4 is 0 Å². The Morgan fingerprint density at radius 2 is 2.00 bits per heavy atom.